The van der Waals surface area contributed by atoms with Crippen LogP contribution in [0.25, 0.3) is 0 Å². The Hall–Kier alpha value is -2.84. The van der Waals surface area contributed by atoms with E-state index in [1.54, 1.807) is 23.1 Å². The summed E-state index contributed by atoms with van der Waals surface area (Å²) in [5, 5.41) is 9.00. The SMILES string of the molecule is C=CCN(Cc1ccc(C#N)cc1)C(=O)CCOc1ccc(F)cc1Cl. The first-order chi connectivity index (χ1) is 12.5. The van der Waals surface area contributed by atoms with E-state index in [1.165, 1.54) is 12.1 Å². The van der Waals surface area contributed by atoms with Gasteiger partial charge in [0.1, 0.15) is 11.6 Å². The number of amides is 1. The minimum Gasteiger partial charge on any atom is -0.491 e. The summed E-state index contributed by atoms with van der Waals surface area (Å²) in [6.45, 7) is 4.62. The molecule has 0 fully saturated rings. The van der Waals surface area contributed by atoms with Crippen molar-refractivity contribution in [2.75, 3.05) is 13.2 Å². The predicted octanol–water partition coefficient (Wildman–Crippen LogP) is 4.33. The Kier molecular flexibility index (Phi) is 7.19. The molecule has 0 atom stereocenters. The summed E-state index contributed by atoms with van der Waals surface area (Å²) < 4.78 is 18.5. The average Bonchev–Trinajstić information content (AvgIpc) is 2.63. The molecule has 0 bridgehead atoms. The normalized spacial score (nSPS) is 10.0. The van der Waals surface area contributed by atoms with Crippen LogP contribution in [-0.2, 0) is 11.3 Å². The van der Waals surface area contributed by atoms with Crippen LogP contribution in [0.5, 0.6) is 5.75 Å². The third-order valence-corrected chi connectivity index (χ3v) is 3.92. The van der Waals surface area contributed by atoms with Gasteiger partial charge in [-0.2, -0.15) is 5.26 Å². The summed E-state index contributed by atoms with van der Waals surface area (Å²) in [5.41, 5.74) is 1.49. The van der Waals surface area contributed by atoms with Crippen molar-refractivity contribution in [1.29, 1.82) is 5.26 Å². The standard InChI is InChI=1S/C20H18ClFN2O2/c1-2-10-24(14-16-5-3-15(13-23)4-6-16)20(25)9-11-26-19-8-7-17(22)12-18(19)21/h2-8,12H,1,9-11,14H2. The van der Waals surface area contributed by atoms with Crippen LogP contribution in [0.2, 0.25) is 5.02 Å². The monoisotopic (exact) mass is 372 g/mol. The van der Waals surface area contributed by atoms with E-state index in [1.807, 2.05) is 12.1 Å². The lowest BCUT2D eigenvalue weighted by molar-refractivity contribution is -0.131. The van der Waals surface area contributed by atoms with Gasteiger partial charge in [-0.25, -0.2) is 4.39 Å². The second-order valence-corrected chi connectivity index (χ2v) is 5.95. The lowest BCUT2D eigenvalue weighted by Gasteiger charge is -2.21. The summed E-state index contributed by atoms with van der Waals surface area (Å²) in [4.78, 5) is 14.1. The maximum absolute atomic E-state index is 13.0. The van der Waals surface area contributed by atoms with Crippen molar-refractivity contribution in [2.45, 2.75) is 13.0 Å². The molecular formula is C20H18ClFN2O2. The highest BCUT2D eigenvalue weighted by atomic mass is 35.5. The Bertz CT molecular complexity index is 816. The van der Waals surface area contributed by atoms with Crippen molar-refractivity contribution in [3.05, 3.63) is 77.1 Å². The molecule has 2 aromatic carbocycles. The maximum Gasteiger partial charge on any atom is 0.226 e. The second kappa shape index (κ2) is 9.59. The molecule has 2 aromatic rings. The highest BCUT2D eigenvalue weighted by Crippen LogP contribution is 2.25. The van der Waals surface area contributed by atoms with Gasteiger partial charge >= 0.3 is 0 Å². The first kappa shape index (κ1) is 19.5. The molecule has 2 rings (SSSR count). The molecule has 0 N–H and O–H groups in total. The molecule has 0 heterocycles. The lowest BCUT2D eigenvalue weighted by atomic mass is 10.1. The number of hydrogen-bond acceptors (Lipinski definition) is 3. The molecule has 1 amide bonds. The zero-order valence-corrected chi connectivity index (χ0v) is 14.9. The molecule has 0 spiro atoms. The number of benzene rings is 2. The number of carbonyl (C=O) groups excluding carboxylic acids is 1. The summed E-state index contributed by atoms with van der Waals surface area (Å²) in [7, 11) is 0. The molecule has 0 aliphatic rings. The van der Waals surface area contributed by atoms with E-state index in [9.17, 15) is 9.18 Å². The first-order valence-electron chi connectivity index (χ1n) is 7.99. The van der Waals surface area contributed by atoms with Crippen LogP contribution >= 0.6 is 11.6 Å². The van der Waals surface area contributed by atoms with Gasteiger partial charge in [-0.1, -0.05) is 29.8 Å². The van der Waals surface area contributed by atoms with E-state index in [2.05, 4.69) is 12.6 Å². The Labute approximate surface area is 157 Å². The Balaban J connectivity index is 1.92. The van der Waals surface area contributed by atoms with Crippen molar-refractivity contribution < 1.29 is 13.9 Å². The molecule has 0 radical (unpaired) electrons. The first-order valence-corrected chi connectivity index (χ1v) is 8.37. The van der Waals surface area contributed by atoms with Gasteiger partial charge in [0, 0.05) is 13.1 Å². The molecule has 0 aliphatic carbocycles. The maximum atomic E-state index is 13.0. The van der Waals surface area contributed by atoms with Crippen molar-refractivity contribution in [1.82, 2.24) is 4.90 Å². The molecule has 134 valence electrons. The molecule has 0 aromatic heterocycles. The Morgan fingerprint density at radius 3 is 2.65 bits per heavy atom. The smallest absolute Gasteiger partial charge is 0.226 e. The number of halogens is 2. The fraction of sp³-hybridized carbons (Fsp3) is 0.200. The fourth-order valence-corrected chi connectivity index (χ4v) is 2.54. The number of carbonyl (C=O) groups is 1. The van der Waals surface area contributed by atoms with Crippen LogP contribution in [0.15, 0.2) is 55.1 Å². The van der Waals surface area contributed by atoms with Crippen LogP contribution in [-0.4, -0.2) is 24.0 Å². The van der Waals surface area contributed by atoms with Crippen molar-refractivity contribution in [2.24, 2.45) is 0 Å². The number of nitriles is 1. The van der Waals surface area contributed by atoms with Crippen LogP contribution in [0.4, 0.5) is 4.39 Å². The van der Waals surface area contributed by atoms with Gasteiger partial charge in [0.2, 0.25) is 5.91 Å². The van der Waals surface area contributed by atoms with Crippen molar-refractivity contribution in [3.63, 3.8) is 0 Å². The molecule has 4 nitrogen and oxygen atoms in total. The number of ether oxygens (including phenoxy) is 1. The predicted molar refractivity (Wildman–Crippen MR) is 98.3 cm³/mol. The second-order valence-electron chi connectivity index (χ2n) is 5.54. The van der Waals surface area contributed by atoms with Gasteiger partial charge in [0.25, 0.3) is 0 Å². The highest BCUT2D eigenvalue weighted by Gasteiger charge is 2.13. The Morgan fingerprint density at radius 1 is 1.31 bits per heavy atom. The molecule has 0 saturated heterocycles. The summed E-state index contributed by atoms with van der Waals surface area (Å²) >= 11 is 5.89. The highest BCUT2D eigenvalue weighted by molar-refractivity contribution is 6.32. The third-order valence-electron chi connectivity index (χ3n) is 3.63. The van der Waals surface area contributed by atoms with Gasteiger partial charge in [-0.15, -0.1) is 6.58 Å². The molecule has 0 saturated carbocycles. The lowest BCUT2D eigenvalue weighted by Crippen LogP contribution is -2.31. The van der Waals surface area contributed by atoms with E-state index in [-0.39, 0.29) is 24.0 Å². The summed E-state index contributed by atoms with van der Waals surface area (Å²) in [5.74, 6) is -0.214. The minimum absolute atomic E-state index is 0.104. The molecule has 26 heavy (non-hydrogen) atoms. The average molecular weight is 373 g/mol. The van der Waals surface area contributed by atoms with Gasteiger partial charge in [-0.3, -0.25) is 4.79 Å². The van der Waals surface area contributed by atoms with Crippen LogP contribution in [0.1, 0.15) is 17.5 Å². The van der Waals surface area contributed by atoms with Gasteiger partial charge in [0.05, 0.1) is 29.7 Å². The molecule has 0 aliphatic heterocycles. The summed E-state index contributed by atoms with van der Waals surface area (Å²) in [6, 6.07) is 13.0. The molecule has 6 heteroatoms. The minimum atomic E-state index is -0.446. The van der Waals surface area contributed by atoms with Crippen LogP contribution in [0, 0.1) is 17.1 Å². The number of rotatable bonds is 8. The number of nitrogens with zero attached hydrogens (tertiary/aromatic N) is 2. The van der Waals surface area contributed by atoms with Crippen LogP contribution < -0.4 is 4.74 Å². The van der Waals surface area contributed by atoms with E-state index in [0.29, 0.717) is 24.4 Å². The van der Waals surface area contributed by atoms with Crippen LogP contribution in [0.3, 0.4) is 0 Å². The zero-order valence-electron chi connectivity index (χ0n) is 14.1. The van der Waals surface area contributed by atoms with E-state index in [0.717, 1.165) is 11.6 Å². The van der Waals surface area contributed by atoms with Gasteiger partial charge in [0.15, 0.2) is 0 Å². The molecule has 0 unspecified atom stereocenters. The van der Waals surface area contributed by atoms with Crippen molar-refractivity contribution in [3.8, 4) is 11.8 Å². The Morgan fingerprint density at radius 2 is 2.04 bits per heavy atom. The van der Waals surface area contributed by atoms with Crippen molar-refractivity contribution >= 4 is 17.5 Å². The zero-order chi connectivity index (χ0) is 18.9. The summed E-state index contributed by atoms with van der Waals surface area (Å²) in [6.07, 6.45) is 1.80. The van der Waals surface area contributed by atoms with Gasteiger partial charge in [-0.05, 0) is 35.9 Å². The molecular weight excluding hydrogens is 355 g/mol. The van der Waals surface area contributed by atoms with E-state index >= 15 is 0 Å². The van der Waals surface area contributed by atoms with E-state index < -0.39 is 5.82 Å². The third kappa shape index (κ3) is 5.61. The quantitative estimate of drug-likeness (QED) is 0.648. The van der Waals surface area contributed by atoms with E-state index in [4.69, 9.17) is 21.6 Å². The largest absolute Gasteiger partial charge is 0.491 e. The number of hydrogen-bond donors (Lipinski definition) is 0. The van der Waals surface area contributed by atoms with Gasteiger partial charge < -0.3 is 9.64 Å². The topological polar surface area (TPSA) is 53.3 Å². The fourth-order valence-electron chi connectivity index (χ4n) is 2.31.